The van der Waals surface area contributed by atoms with Crippen LogP contribution >= 0.6 is 15.6 Å². The first-order valence-corrected chi connectivity index (χ1v) is 43.0. The van der Waals surface area contributed by atoms with Crippen molar-refractivity contribution in [1.82, 2.24) is 0 Å². The van der Waals surface area contributed by atoms with Crippen LogP contribution in [0.3, 0.4) is 0 Å². The van der Waals surface area contributed by atoms with Crippen LogP contribution in [0.25, 0.3) is 0 Å². The van der Waals surface area contributed by atoms with Gasteiger partial charge in [0.05, 0.1) is 26.4 Å². The highest BCUT2D eigenvalue weighted by atomic mass is 31.2. The summed E-state index contributed by atoms with van der Waals surface area (Å²) in [5.74, 6) is -0.630. The van der Waals surface area contributed by atoms with Gasteiger partial charge in [-0.15, -0.1) is 0 Å². The lowest BCUT2D eigenvalue weighted by molar-refractivity contribution is -0.161. The van der Waals surface area contributed by atoms with Gasteiger partial charge in [0, 0.05) is 25.7 Å². The molecule has 17 nitrogen and oxygen atoms in total. The molecular formula is C77H150O17P2. The van der Waals surface area contributed by atoms with Crippen molar-refractivity contribution in [1.29, 1.82) is 0 Å². The number of hydrogen-bond acceptors (Lipinski definition) is 15. The summed E-state index contributed by atoms with van der Waals surface area (Å²) < 4.78 is 68.5. The van der Waals surface area contributed by atoms with Gasteiger partial charge in [0.2, 0.25) is 0 Å². The van der Waals surface area contributed by atoms with Gasteiger partial charge in [0.15, 0.2) is 12.2 Å². The molecule has 0 saturated heterocycles. The van der Waals surface area contributed by atoms with E-state index in [4.69, 9.17) is 37.0 Å². The van der Waals surface area contributed by atoms with Crippen LogP contribution in [0.4, 0.5) is 0 Å². The molecular weight excluding hydrogens is 1260 g/mol. The molecule has 0 amide bonds. The molecule has 0 aliphatic carbocycles. The average molecular weight is 1410 g/mol. The molecule has 3 N–H and O–H groups in total. The molecule has 0 saturated carbocycles. The van der Waals surface area contributed by atoms with Crippen molar-refractivity contribution in [3.63, 3.8) is 0 Å². The van der Waals surface area contributed by atoms with Crippen LogP contribution < -0.4 is 0 Å². The number of phosphoric acid groups is 2. The first kappa shape index (κ1) is 94.1. The molecule has 0 aliphatic rings. The van der Waals surface area contributed by atoms with Crippen LogP contribution in [0.15, 0.2) is 0 Å². The number of carbonyl (C=O) groups excluding carboxylic acids is 4. The highest BCUT2D eigenvalue weighted by Crippen LogP contribution is 2.45. The molecule has 0 rings (SSSR count). The predicted octanol–water partition coefficient (Wildman–Crippen LogP) is 22.7. The molecule has 0 aromatic carbocycles. The van der Waals surface area contributed by atoms with Gasteiger partial charge in [-0.1, -0.05) is 350 Å². The van der Waals surface area contributed by atoms with Gasteiger partial charge in [0.1, 0.15) is 19.3 Å². The second kappa shape index (κ2) is 68.8. The number of carbonyl (C=O) groups is 4. The van der Waals surface area contributed by atoms with Crippen LogP contribution in [0.5, 0.6) is 0 Å². The van der Waals surface area contributed by atoms with E-state index in [-0.39, 0.29) is 25.7 Å². The monoisotopic (exact) mass is 1410 g/mol. The molecule has 0 bridgehead atoms. The summed E-state index contributed by atoms with van der Waals surface area (Å²) in [5, 5.41) is 10.6. The fourth-order valence-corrected chi connectivity index (χ4v) is 13.4. The van der Waals surface area contributed by atoms with Crippen molar-refractivity contribution < 1.29 is 80.2 Å². The third-order valence-corrected chi connectivity index (χ3v) is 19.9. The second-order valence-electron chi connectivity index (χ2n) is 28.7. The molecule has 2 unspecified atom stereocenters. The van der Waals surface area contributed by atoms with Gasteiger partial charge >= 0.3 is 39.5 Å². The first-order chi connectivity index (χ1) is 46.4. The fourth-order valence-electron chi connectivity index (χ4n) is 11.8. The SMILES string of the molecule is CCCCCCCCCCCCCCCCCCCCCCCCC(=O)O[C@H](COC(=O)CCCCCCCCCCCCCC(C)C)COP(=O)(O)OC[C@@H](O)COP(=O)(O)OC[C@@H](COC(=O)CCCCCCCCCCC)OC(=O)CCCCCCCCCCC(C)C. The standard InChI is InChI=1S/C77H150O17P2/c1-7-9-11-13-15-17-18-19-20-21-22-23-24-25-26-27-28-31-36-43-49-55-61-76(81)93-72(66-88-75(80)60-54-48-42-35-32-29-30-34-39-45-51-57-69(3)4)67-91-95(83,84)89-63-71(78)64-90-96(85,86)92-68-73(65-87-74(79)59-53-47-41-33-16-14-12-10-8-2)94-77(82)62-56-50-44-38-37-40-46-52-58-70(5)6/h69-73,78H,7-68H2,1-6H3,(H,83,84)(H,85,86)/t71-,72-,73-/m1/s1. The molecule has 5 atom stereocenters. The average Bonchev–Trinajstić information content (AvgIpc) is 1.48. The highest BCUT2D eigenvalue weighted by Gasteiger charge is 2.30. The van der Waals surface area contributed by atoms with Crippen molar-refractivity contribution in [2.24, 2.45) is 11.8 Å². The lowest BCUT2D eigenvalue weighted by Gasteiger charge is -2.21. The molecule has 570 valence electrons. The van der Waals surface area contributed by atoms with E-state index in [9.17, 15) is 43.2 Å². The van der Waals surface area contributed by atoms with E-state index in [1.165, 1.54) is 218 Å². The number of aliphatic hydroxyl groups is 1. The maximum absolute atomic E-state index is 13.1. The zero-order chi connectivity index (χ0) is 70.7. The minimum atomic E-state index is -4.96. The number of rotatable bonds is 76. The van der Waals surface area contributed by atoms with Crippen molar-refractivity contribution in [3.05, 3.63) is 0 Å². The molecule has 0 radical (unpaired) electrons. The molecule has 0 heterocycles. The second-order valence-corrected chi connectivity index (χ2v) is 31.6. The summed E-state index contributed by atoms with van der Waals surface area (Å²) in [6.07, 6.45) is 57.1. The number of ether oxygens (including phenoxy) is 4. The maximum atomic E-state index is 13.1. The first-order valence-electron chi connectivity index (χ1n) is 40.0. The molecule has 96 heavy (non-hydrogen) atoms. The lowest BCUT2D eigenvalue weighted by Crippen LogP contribution is -2.30. The Kier molecular flexibility index (Phi) is 67.4. The molecule has 0 spiro atoms. The normalized spacial score (nSPS) is 14.0. The zero-order valence-corrected chi connectivity index (χ0v) is 64.5. The van der Waals surface area contributed by atoms with Crippen LogP contribution in [0.2, 0.25) is 0 Å². The Hall–Kier alpha value is -1.94. The van der Waals surface area contributed by atoms with E-state index in [1.54, 1.807) is 0 Å². The summed E-state index contributed by atoms with van der Waals surface area (Å²) in [6.45, 7) is 9.54. The van der Waals surface area contributed by atoms with Crippen LogP contribution in [0, 0.1) is 11.8 Å². The van der Waals surface area contributed by atoms with Gasteiger partial charge in [-0.25, -0.2) is 9.13 Å². The van der Waals surface area contributed by atoms with Gasteiger partial charge in [-0.3, -0.25) is 37.3 Å². The van der Waals surface area contributed by atoms with Crippen molar-refractivity contribution in [2.45, 2.75) is 419 Å². The Labute approximate surface area is 588 Å². The third-order valence-electron chi connectivity index (χ3n) is 18.0. The minimum absolute atomic E-state index is 0.105. The molecule has 19 heteroatoms. The minimum Gasteiger partial charge on any atom is -0.462 e. The zero-order valence-electron chi connectivity index (χ0n) is 62.7. The van der Waals surface area contributed by atoms with E-state index in [1.807, 2.05) is 0 Å². The van der Waals surface area contributed by atoms with Gasteiger partial charge in [-0.2, -0.15) is 0 Å². The van der Waals surface area contributed by atoms with Gasteiger partial charge in [0.25, 0.3) is 0 Å². The van der Waals surface area contributed by atoms with Crippen LogP contribution in [0.1, 0.15) is 401 Å². The molecule has 0 aliphatic heterocycles. The van der Waals surface area contributed by atoms with Gasteiger partial charge in [-0.05, 0) is 37.5 Å². The van der Waals surface area contributed by atoms with Crippen molar-refractivity contribution in [2.75, 3.05) is 39.6 Å². The summed E-state index contributed by atoms with van der Waals surface area (Å²) in [4.78, 5) is 72.7. The quantitative estimate of drug-likeness (QED) is 0.0222. The topological polar surface area (TPSA) is 237 Å². The largest absolute Gasteiger partial charge is 0.472 e. The molecule has 0 aromatic rings. The van der Waals surface area contributed by atoms with Gasteiger partial charge < -0.3 is 33.8 Å². The Morgan fingerprint density at radius 3 is 0.708 bits per heavy atom. The molecule has 0 fully saturated rings. The Bertz CT molecular complexity index is 1860. The van der Waals surface area contributed by atoms with Crippen molar-refractivity contribution >= 4 is 39.5 Å². The Morgan fingerprint density at radius 1 is 0.281 bits per heavy atom. The smallest absolute Gasteiger partial charge is 0.462 e. The van der Waals surface area contributed by atoms with E-state index in [0.29, 0.717) is 25.7 Å². The number of unbranched alkanes of at least 4 members (excludes halogenated alkanes) is 46. The number of esters is 4. The summed E-state index contributed by atoms with van der Waals surface area (Å²) in [6, 6.07) is 0. The van der Waals surface area contributed by atoms with Crippen molar-refractivity contribution in [3.8, 4) is 0 Å². The summed E-state index contributed by atoms with van der Waals surface area (Å²) in [7, 11) is -9.91. The van der Waals surface area contributed by atoms with E-state index < -0.39 is 97.5 Å². The lowest BCUT2D eigenvalue weighted by atomic mass is 10.0. The summed E-state index contributed by atoms with van der Waals surface area (Å²) in [5.41, 5.74) is 0. The number of phosphoric ester groups is 2. The van der Waals surface area contributed by atoms with Crippen LogP contribution in [-0.2, 0) is 65.4 Å². The predicted molar refractivity (Wildman–Crippen MR) is 391 cm³/mol. The number of aliphatic hydroxyl groups excluding tert-OH is 1. The fraction of sp³-hybridized carbons (Fsp3) is 0.948. The molecule has 0 aromatic heterocycles. The summed E-state index contributed by atoms with van der Waals surface area (Å²) >= 11 is 0. The van der Waals surface area contributed by atoms with E-state index in [2.05, 4.69) is 41.5 Å². The van der Waals surface area contributed by atoms with E-state index in [0.717, 1.165) is 102 Å². The third kappa shape index (κ3) is 70.5. The Balaban J connectivity index is 5.17. The van der Waals surface area contributed by atoms with Crippen LogP contribution in [-0.4, -0.2) is 96.7 Å². The van der Waals surface area contributed by atoms with E-state index >= 15 is 0 Å². The maximum Gasteiger partial charge on any atom is 0.472 e. The Morgan fingerprint density at radius 2 is 0.479 bits per heavy atom. The number of hydrogen-bond donors (Lipinski definition) is 3. The highest BCUT2D eigenvalue weighted by molar-refractivity contribution is 7.47.